The molecule has 1 aliphatic heterocycles. The van der Waals surface area contributed by atoms with E-state index in [-0.39, 0.29) is 6.10 Å². The fourth-order valence-corrected chi connectivity index (χ4v) is 3.82. The molecule has 7 heteroatoms. The van der Waals surface area contributed by atoms with Crippen molar-refractivity contribution in [1.29, 1.82) is 0 Å². The molecule has 2 aromatic carbocycles. The van der Waals surface area contributed by atoms with Gasteiger partial charge in [0.25, 0.3) is 0 Å². The smallest absolute Gasteiger partial charge is 0.201 e. The lowest BCUT2D eigenvalue weighted by molar-refractivity contribution is -0.176. The minimum absolute atomic E-state index is 0.0545. The maximum atomic E-state index is 6.34. The number of hydrogen-bond donors (Lipinski definition) is 1. The number of imidazole rings is 1. The second-order valence-electron chi connectivity index (χ2n) is 7.07. The predicted octanol–water partition coefficient (Wildman–Crippen LogP) is 6.04. The zero-order valence-electron chi connectivity index (χ0n) is 16.2. The monoisotopic (exact) mass is 432 g/mol. The Labute approximate surface area is 179 Å². The van der Waals surface area contributed by atoms with Crippen LogP contribution in [-0.4, -0.2) is 22.7 Å². The van der Waals surface area contributed by atoms with Gasteiger partial charge in [0, 0.05) is 16.8 Å². The highest BCUT2D eigenvalue weighted by molar-refractivity contribution is 6.35. The highest BCUT2D eigenvalue weighted by atomic mass is 35.5. The van der Waals surface area contributed by atoms with Crippen molar-refractivity contribution in [2.45, 2.75) is 38.6 Å². The van der Waals surface area contributed by atoms with Crippen molar-refractivity contribution in [2.24, 2.45) is 0 Å². The first-order valence-corrected chi connectivity index (χ1v) is 10.3. The lowest BCUT2D eigenvalue weighted by atomic mass is 10.0. The van der Waals surface area contributed by atoms with E-state index < -0.39 is 5.79 Å². The summed E-state index contributed by atoms with van der Waals surface area (Å²) in [6.45, 7) is 4.57. The van der Waals surface area contributed by atoms with Crippen molar-refractivity contribution in [3.63, 3.8) is 0 Å². The number of aromatic nitrogens is 2. The molecule has 4 rings (SSSR count). The van der Waals surface area contributed by atoms with Crippen molar-refractivity contribution in [3.8, 4) is 11.5 Å². The summed E-state index contributed by atoms with van der Waals surface area (Å²) in [6.07, 6.45) is 3.36. The van der Waals surface area contributed by atoms with Crippen molar-refractivity contribution in [1.82, 2.24) is 9.97 Å². The summed E-state index contributed by atoms with van der Waals surface area (Å²) in [7, 11) is 0. The van der Waals surface area contributed by atoms with Crippen LogP contribution in [-0.2, 0) is 21.7 Å². The molecule has 0 saturated carbocycles. The Morgan fingerprint density at radius 3 is 2.62 bits per heavy atom. The second kappa shape index (κ2) is 8.36. The SMILES string of the molecule is CCC1COC(Cc2c[nH]c(C)n2)(c2ccc(Oc3ccc(Cl)cc3Cl)cc2)O1. The van der Waals surface area contributed by atoms with Crippen molar-refractivity contribution in [2.75, 3.05) is 6.61 Å². The summed E-state index contributed by atoms with van der Waals surface area (Å²) in [6, 6.07) is 12.8. The number of benzene rings is 2. The van der Waals surface area contributed by atoms with Gasteiger partial charge in [0.05, 0.1) is 29.8 Å². The minimum atomic E-state index is -0.862. The average Bonchev–Trinajstić information content (AvgIpc) is 3.31. The van der Waals surface area contributed by atoms with Gasteiger partial charge in [-0.3, -0.25) is 0 Å². The van der Waals surface area contributed by atoms with E-state index in [0.717, 1.165) is 23.5 Å². The molecule has 5 nitrogen and oxygen atoms in total. The van der Waals surface area contributed by atoms with Crippen LogP contribution in [0.5, 0.6) is 11.5 Å². The van der Waals surface area contributed by atoms with Gasteiger partial charge >= 0.3 is 0 Å². The maximum Gasteiger partial charge on any atom is 0.201 e. The molecule has 1 aromatic heterocycles. The summed E-state index contributed by atoms with van der Waals surface area (Å²) >= 11 is 12.1. The third kappa shape index (κ3) is 4.43. The normalized spacial score (nSPS) is 21.4. The van der Waals surface area contributed by atoms with Crippen LogP contribution in [0.3, 0.4) is 0 Å². The summed E-state index contributed by atoms with van der Waals surface area (Å²) in [5.74, 6) is 1.21. The summed E-state index contributed by atoms with van der Waals surface area (Å²) in [5.41, 5.74) is 1.82. The van der Waals surface area contributed by atoms with Gasteiger partial charge in [-0.2, -0.15) is 0 Å². The van der Waals surface area contributed by atoms with E-state index in [9.17, 15) is 0 Å². The first-order valence-electron chi connectivity index (χ1n) is 9.53. The number of H-pyrrole nitrogens is 1. The number of aromatic amines is 1. The van der Waals surface area contributed by atoms with E-state index in [4.69, 9.17) is 37.4 Å². The van der Waals surface area contributed by atoms with Crippen LogP contribution < -0.4 is 4.74 Å². The van der Waals surface area contributed by atoms with Gasteiger partial charge in [0.1, 0.15) is 17.3 Å². The Bertz CT molecular complexity index is 990. The minimum Gasteiger partial charge on any atom is -0.456 e. The molecule has 0 amide bonds. The molecular formula is C22H22Cl2N2O3. The molecule has 1 aliphatic rings. The molecule has 2 heterocycles. The van der Waals surface area contributed by atoms with E-state index >= 15 is 0 Å². The Morgan fingerprint density at radius 1 is 1.21 bits per heavy atom. The van der Waals surface area contributed by atoms with Crippen LogP contribution in [0.4, 0.5) is 0 Å². The van der Waals surface area contributed by atoms with Gasteiger partial charge in [-0.25, -0.2) is 4.98 Å². The van der Waals surface area contributed by atoms with Crippen LogP contribution in [0.15, 0.2) is 48.7 Å². The number of nitrogens with zero attached hydrogens (tertiary/aromatic N) is 1. The molecule has 0 spiro atoms. The number of ether oxygens (including phenoxy) is 3. The first-order chi connectivity index (χ1) is 14.0. The van der Waals surface area contributed by atoms with Crippen LogP contribution in [0.2, 0.25) is 10.0 Å². The number of halogens is 2. The summed E-state index contributed by atoms with van der Waals surface area (Å²) < 4.78 is 18.4. The molecule has 2 unspecified atom stereocenters. The van der Waals surface area contributed by atoms with Crippen molar-refractivity contribution >= 4 is 23.2 Å². The van der Waals surface area contributed by atoms with Crippen molar-refractivity contribution in [3.05, 3.63) is 75.8 Å². The van der Waals surface area contributed by atoms with Crippen molar-refractivity contribution < 1.29 is 14.2 Å². The predicted molar refractivity (Wildman–Crippen MR) is 113 cm³/mol. The van der Waals surface area contributed by atoms with Crippen LogP contribution in [0, 0.1) is 6.92 Å². The summed E-state index contributed by atoms with van der Waals surface area (Å²) in [4.78, 5) is 7.64. The molecule has 0 bridgehead atoms. The van der Waals surface area contributed by atoms with E-state index in [0.29, 0.717) is 34.6 Å². The Morgan fingerprint density at radius 2 is 2.00 bits per heavy atom. The molecule has 3 aromatic rings. The van der Waals surface area contributed by atoms with Crippen LogP contribution >= 0.6 is 23.2 Å². The molecule has 152 valence electrons. The lowest BCUT2D eigenvalue weighted by Gasteiger charge is -2.28. The lowest BCUT2D eigenvalue weighted by Crippen LogP contribution is -2.31. The Hall–Kier alpha value is -2.05. The van der Waals surface area contributed by atoms with E-state index in [1.54, 1.807) is 18.2 Å². The van der Waals surface area contributed by atoms with Crippen LogP contribution in [0.25, 0.3) is 0 Å². The van der Waals surface area contributed by atoms with Gasteiger partial charge in [0.15, 0.2) is 0 Å². The molecule has 1 N–H and O–H groups in total. The molecule has 1 fully saturated rings. The Balaban J connectivity index is 1.58. The van der Waals surface area contributed by atoms with Gasteiger partial charge in [-0.05, 0) is 55.8 Å². The molecule has 1 saturated heterocycles. The first kappa shape index (κ1) is 20.2. The molecule has 0 radical (unpaired) electrons. The number of aryl methyl sites for hydroxylation is 1. The summed E-state index contributed by atoms with van der Waals surface area (Å²) in [5, 5.41) is 1.02. The van der Waals surface area contributed by atoms with E-state index in [2.05, 4.69) is 16.9 Å². The highest BCUT2D eigenvalue weighted by Crippen LogP contribution is 2.39. The number of rotatable bonds is 6. The number of nitrogens with one attached hydrogen (secondary N) is 1. The third-order valence-electron chi connectivity index (χ3n) is 4.90. The molecular weight excluding hydrogens is 411 g/mol. The highest BCUT2D eigenvalue weighted by Gasteiger charge is 2.43. The standard InChI is InChI=1S/C22H22Cl2N2O3/c1-3-18-13-27-22(29-18,11-17-12-25-14(2)26-17)15-4-7-19(8-5-15)28-21-9-6-16(23)10-20(21)24/h4-10,12,18H,3,11,13H2,1-2H3,(H,25,26). The fraction of sp³-hybridized carbons (Fsp3) is 0.318. The van der Waals surface area contributed by atoms with E-state index in [1.807, 2.05) is 37.4 Å². The zero-order valence-corrected chi connectivity index (χ0v) is 17.8. The molecule has 2 atom stereocenters. The van der Waals surface area contributed by atoms with Crippen LogP contribution in [0.1, 0.15) is 30.4 Å². The molecule has 0 aliphatic carbocycles. The topological polar surface area (TPSA) is 56.4 Å². The number of hydrogen-bond acceptors (Lipinski definition) is 4. The third-order valence-corrected chi connectivity index (χ3v) is 5.43. The largest absolute Gasteiger partial charge is 0.456 e. The quantitative estimate of drug-likeness (QED) is 0.515. The van der Waals surface area contributed by atoms with Gasteiger partial charge in [0.2, 0.25) is 5.79 Å². The van der Waals surface area contributed by atoms with Gasteiger partial charge < -0.3 is 19.2 Å². The molecule has 29 heavy (non-hydrogen) atoms. The van der Waals surface area contributed by atoms with E-state index in [1.165, 1.54) is 0 Å². The maximum absolute atomic E-state index is 6.34. The Kier molecular flexibility index (Phi) is 5.83. The second-order valence-corrected chi connectivity index (χ2v) is 7.91. The fourth-order valence-electron chi connectivity index (χ4n) is 3.37. The van der Waals surface area contributed by atoms with Gasteiger partial charge in [-0.15, -0.1) is 0 Å². The van der Waals surface area contributed by atoms with Gasteiger partial charge in [-0.1, -0.05) is 30.1 Å². The zero-order chi connectivity index (χ0) is 20.4. The average molecular weight is 433 g/mol.